The Labute approximate surface area is 340 Å². The number of carbonyl (C=O) groups is 4. The standard InChI is InChI=1S/C21H14F4N2O3.C15H10F4N2O2.C6H5FO.H2/c22-14-5-7-16(8-6-14)30-18-9-4-13(21(23,24)25)11-17(18)20(29)27-15-3-1-2-12(10-15)19(26)28;16-12-5-4-9(15(17,18)19)7-11(12)14(23)21-10-3-1-2-8(6-10)13(20)22;7-5-1-3-6(8)4-2-5;/h1-11H,(H2,26,28)(H,27,29);1-7H,(H2,20,22)(H,21,23);1-4,8H;1H. The van der Waals surface area contributed by atoms with Crippen LogP contribution in [0.5, 0.6) is 17.2 Å². The third-order valence-corrected chi connectivity index (χ3v) is 7.77. The lowest BCUT2D eigenvalue weighted by Gasteiger charge is -2.15. The topological polar surface area (TPSA) is 174 Å². The highest BCUT2D eigenvalue weighted by Crippen LogP contribution is 2.35. The van der Waals surface area contributed by atoms with E-state index in [2.05, 4.69) is 10.6 Å². The molecule has 0 bridgehead atoms. The summed E-state index contributed by atoms with van der Waals surface area (Å²) in [5.74, 6) is -5.36. The highest BCUT2D eigenvalue weighted by molar-refractivity contribution is 6.07. The Bertz CT molecular complexity index is 2520. The lowest BCUT2D eigenvalue weighted by molar-refractivity contribution is -0.138. The summed E-state index contributed by atoms with van der Waals surface area (Å²) in [6.07, 6.45) is -9.38. The predicted molar refractivity (Wildman–Crippen MR) is 205 cm³/mol. The molecule has 61 heavy (non-hydrogen) atoms. The molecule has 6 aromatic rings. The number of nitrogens with two attached hydrogens (primary N) is 2. The largest absolute Gasteiger partial charge is 0.508 e. The minimum Gasteiger partial charge on any atom is -0.508 e. The minimum absolute atomic E-state index is 0. The van der Waals surface area contributed by atoms with Gasteiger partial charge in [0.1, 0.15) is 34.7 Å². The number of ether oxygens (including phenoxy) is 1. The van der Waals surface area contributed by atoms with E-state index in [1.54, 1.807) is 0 Å². The number of hydrogen-bond acceptors (Lipinski definition) is 6. The van der Waals surface area contributed by atoms with Crippen LogP contribution in [0.3, 0.4) is 0 Å². The SMILES string of the molecule is NC(=O)c1cccc(NC(=O)c2cc(C(F)(F)F)ccc2F)c1.NC(=O)c1cccc(NC(=O)c2cc(C(F)(F)F)ccc2Oc2ccc(F)cc2)c1.Oc1ccc(F)cc1.[HH]. The summed E-state index contributed by atoms with van der Waals surface area (Å²) in [4.78, 5) is 47.0. The van der Waals surface area contributed by atoms with Crippen molar-refractivity contribution in [3.05, 3.63) is 184 Å². The average molecular weight is 859 g/mol. The van der Waals surface area contributed by atoms with Crippen molar-refractivity contribution in [1.82, 2.24) is 0 Å². The molecular formula is C42H31F9N4O6. The first kappa shape index (κ1) is 45.9. The van der Waals surface area contributed by atoms with Crippen molar-refractivity contribution in [3.63, 3.8) is 0 Å². The zero-order chi connectivity index (χ0) is 45.1. The van der Waals surface area contributed by atoms with Crippen molar-refractivity contribution in [3.8, 4) is 17.2 Å². The van der Waals surface area contributed by atoms with Crippen LogP contribution < -0.4 is 26.8 Å². The minimum atomic E-state index is -4.70. The number of benzene rings is 6. The fourth-order valence-electron chi connectivity index (χ4n) is 4.82. The van der Waals surface area contributed by atoms with Gasteiger partial charge in [0.05, 0.1) is 22.3 Å². The second-order valence-electron chi connectivity index (χ2n) is 12.2. The number of rotatable bonds is 8. The number of aromatic hydroxyl groups is 1. The van der Waals surface area contributed by atoms with Crippen LogP contribution in [0.2, 0.25) is 0 Å². The number of nitrogens with one attached hydrogen (secondary N) is 2. The number of halogens is 9. The summed E-state index contributed by atoms with van der Waals surface area (Å²) in [5.41, 5.74) is 7.37. The Kier molecular flexibility index (Phi) is 14.8. The summed E-state index contributed by atoms with van der Waals surface area (Å²) >= 11 is 0. The number of amides is 4. The van der Waals surface area contributed by atoms with E-state index in [9.17, 15) is 58.7 Å². The van der Waals surface area contributed by atoms with Gasteiger partial charge in [-0.1, -0.05) is 12.1 Å². The van der Waals surface area contributed by atoms with E-state index in [-0.39, 0.29) is 47.0 Å². The van der Waals surface area contributed by atoms with Gasteiger partial charge in [-0.05, 0) is 121 Å². The van der Waals surface area contributed by atoms with Crippen LogP contribution in [0, 0.1) is 17.5 Å². The normalized spacial score (nSPS) is 10.8. The van der Waals surface area contributed by atoms with Crippen molar-refractivity contribution in [2.45, 2.75) is 12.4 Å². The number of carbonyl (C=O) groups excluding carboxylic acids is 4. The van der Waals surface area contributed by atoms with Gasteiger partial charge in [-0.2, -0.15) is 26.3 Å². The molecular weight excluding hydrogens is 827 g/mol. The number of alkyl halides is 6. The van der Waals surface area contributed by atoms with Crippen LogP contribution in [0.15, 0.2) is 133 Å². The van der Waals surface area contributed by atoms with E-state index in [4.69, 9.17) is 21.3 Å². The van der Waals surface area contributed by atoms with E-state index >= 15 is 0 Å². The predicted octanol–water partition coefficient (Wildman–Crippen LogP) is 9.96. The quantitative estimate of drug-likeness (QED) is 0.0953. The molecule has 0 spiro atoms. The maximum Gasteiger partial charge on any atom is 0.416 e. The van der Waals surface area contributed by atoms with Crippen LogP contribution in [-0.2, 0) is 12.4 Å². The van der Waals surface area contributed by atoms with E-state index in [1.165, 1.54) is 84.9 Å². The molecule has 318 valence electrons. The van der Waals surface area contributed by atoms with Crippen molar-refractivity contribution >= 4 is 35.0 Å². The highest BCUT2D eigenvalue weighted by atomic mass is 19.4. The molecule has 7 N–H and O–H groups in total. The van der Waals surface area contributed by atoms with Crippen molar-refractivity contribution in [2.75, 3.05) is 10.6 Å². The fourth-order valence-corrected chi connectivity index (χ4v) is 4.82. The van der Waals surface area contributed by atoms with Gasteiger partial charge in [0.25, 0.3) is 11.8 Å². The van der Waals surface area contributed by atoms with Gasteiger partial charge in [-0.25, -0.2) is 13.2 Å². The van der Waals surface area contributed by atoms with Crippen LogP contribution in [-0.4, -0.2) is 28.7 Å². The smallest absolute Gasteiger partial charge is 0.416 e. The van der Waals surface area contributed by atoms with Gasteiger partial charge in [0.2, 0.25) is 11.8 Å². The number of phenols is 1. The van der Waals surface area contributed by atoms with Gasteiger partial charge in [0, 0.05) is 23.9 Å². The van der Waals surface area contributed by atoms with Gasteiger partial charge in [-0.3, -0.25) is 19.2 Å². The maximum absolute atomic E-state index is 13.6. The second-order valence-corrected chi connectivity index (χ2v) is 12.2. The first-order valence-corrected chi connectivity index (χ1v) is 17.0. The third-order valence-electron chi connectivity index (χ3n) is 7.77. The molecule has 0 heterocycles. The number of hydrogen-bond donors (Lipinski definition) is 5. The molecule has 0 fully saturated rings. The molecule has 0 aliphatic rings. The fraction of sp³-hybridized carbons (Fsp3) is 0.0476. The summed E-state index contributed by atoms with van der Waals surface area (Å²) in [6.45, 7) is 0. The molecule has 0 radical (unpaired) electrons. The van der Waals surface area contributed by atoms with Crippen molar-refractivity contribution in [1.29, 1.82) is 0 Å². The zero-order valence-corrected chi connectivity index (χ0v) is 30.7. The van der Waals surface area contributed by atoms with E-state index in [1.807, 2.05) is 0 Å². The first-order chi connectivity index (χ1) is 28.6. The molecule has 19 heteroatoms. The van der Waals surface area contributed by atoms with E-state index in [0.717, 1.165) is 24.3 Å². The summed E-state index contributed by atoms with van der Waals surface area (Å²) in [5, 5.41) is 13.2. The molecule has 10 nitrogen and oxygen atoms in total. The van der Waals surface area contributed by atoms with E-state index < -0.39 is 69.9 Å². The van der Waals surface area contributed by atoms with Crippen LogP contribution >= 0.6 is 0 Å². The van der Waals surface area contributed by atoms with Gasteiger partial charge < -0.3 is 31.9 Å². The maximum atomic E-state index is 13.6. The van der Waals surface area contributed by atoms with Gasteiger partial charge >= 0.3 is 12.4 Å². The molecule has 0 atom stereocenters. The Morgan fingerprint density at radius 3 is 1.41 bits per heavy atom. The molecule has 0 saturated carbocycles. The summed E-state index contributed by atoms with van der Waals surface area (Å²) in [6, 6.07) is 24.7. The molecule has 4 amide bonds. The van der Waals surface area contributed by atoms with Crippen molar-refractivity contribution in [2.24, 2.45) is 11.5 Å². The van der Waals surface area contributed by atoms with Gasteiger partial charge in [-0.15, -0.1) is 0 Å². The Hall–Kier alpha value is -7.83. The average Bonchev–Trinajstić information content (AvgIpc) is 3.20. The molecule has 0 aromatic heterocycles. The number of phenolic OH excluding ortho intramolecular Hbond substituents is 1. The van der Waals surface area contributed by atoms with E-state index in [0.29, 0.717) is 24.3 Å². The monoisotopic (exact) mass is 858 g/mol. The third kappa shape index (κ3) is 13.6. The molecule has 0 saturated heterocycles. The molecule has 0 aliphatic heterocycles. The second kappa shape index (κ2) is 19.7. The lowest BCUT2D eigenvalue weighted by Crippen LogP contribution is -2.17. The van der Waals surface area contributed by atoms with Crippen LogP contribution in [0.25, 0.3) is 0 Å². The highest BCUT2D eigenvalue weighted by Gasteiger charge is 2.33. The number of anilines is 2. The number of primary amides is 2. The summed E-state index contributed by atoms with van der Waals surface area (Å²) in [7, 11) is 0. The van der Waals surface area contributed by atoms with Crippen molar-refractivity contribution < 1.29 is 70.0 Å². The molecule has 0 aliphatic carbocycles. The van der Waals surface area contributed by atoms with Gasteiger partial charge in [0.15, 0.2) is 0 Å². The molecule has 6 aromatic carbocycles. The zero-order valence-electron chi connectivity index (χ0n) is 30.7. The molecule has 6 rings (SSSR count). The van der Waals surface area contributed by atoms with Crippen LogP contribution in [0.1, 0.15) is 54.0 Å². The Balaban J connectivity index is 0.000000282. The lowest BCUT2D eigenvalue weighted by atomic mass is 10.1. The Morgan fingerprint density at radius 2 is 0.967 bits per heavy atom. The Morgan fingerprint density at radius 1 is 0.541 bits per heavy atom. The summed E-state index contributed by atoms with van der Waals surface area (Å²) < 4.78 is 121. The van der Waals surface area contributed by atoms with Crippen LogP contribution in [0.4, 0.5) is 50.9 Å². The first-order valence-electron chi connectivity index (χ1n) is 17.0. The molecule has 0 unspecified atom stereocenters.